The molecule has 3 atom stereocenters. The van der Waals surface area contributed by atoms with E-state index in [0.717, 1.165) is 0 Å². The summed E-state index contributed by atoms with van der Waals surface area (Å²) in [4.78, 5) is 24.7. The van der Waals surface area contributed by atoms with Crippen LogP contribution in [-0.2, 0) is 14.3 Å². The van der Waals surface area contributed by atoms with Crippen molar-refractivity contribution >= 4 is 11.8 Å². The van der Waals surface area contributed by atoms with Gasteiger partial charge in [0.05, 0.1) is 12.1 Å². The fraction of sp³-hybridized carbons (Fsp3) is 0.636. The molecule has 5 heteroatoms. The SMILES string of the molecule is CCOC1CC(N)C1N1C(=O)C=C(C)C1=O. The predicted molar refractivity (Wildman–Crippen MR) is 57.4 cm³/mol. The quantitative estimate of drug-likeness (QED) is 0.674. The third-order valence-corrected chi connectivity index (χ3v) is 3.14. The van der Waals surface area contributed by atoms with Gasteiger partial charge in [0, 0.05) is 24.3 Å². The Morgan fingerprint density at radius 2 is 2.25 bits per heavy atom. The molecule has 0 radical (unpaired) electrons. The van der Waals surface area contributed by atoms with E-state index in [-0.39, 0.29) is 30.0 Å². The molecule has 16 heavy (non-hydrogen) atoms. The summed E-state index contributed by atoms with van der Waals surface area (Å²) in [5, 5.41) is 0. The van der Waals surface area contributed by atoms with Gasteiger partial charge in [-0.15, -0.1) is 0 Å². The van der Waals surface area contributed by atoms with Crippen molar-refractivity contribution in [3.63, 3.8) is 0 Å². The van der Waals surface area contributed by atoms with E-state index in [1.807, 2.05) is 6.92 Å². The number of amides is 2. The van der Waals surface area contributed by atoms with Crippen LogP contribution < -0.4 is 5.73 Å². The molecule has 1 aliphatic heterocycles. The normalized spacial score (nSPS) is 34.1. The predicted octanol–water partition coefficient (Wildman–Crippen LogP) is -0.194. The first-order chi connectivity index (χ1) is 7.56. The molecule has 0 aromatic carbocycles. The number of hydrogen-bond donors (Lipinski definition) is 1. The summed E-state index contributed by atoms with van der Waals surface area (Å²) in [7, 11) is 0. The fourth-order valence-electron chi connectivity index (χ4n) is 2.25. The van der Waals surface area contributed by atoms with Crippen LogP contribution in [0.3, 0.4) is 0 Å². The van der Waals surface area contributed by atoms with Crippen LogP contribution in [0.4, 0.5) is 0 Å². The van der Waals surface area contributed by atoms with Gasteiger partial charge in [-0.25, -0.2) is 0 Å². The van der Waals surface area contributed by atoms with Crippen molar-refractivity contribution < 1.29 is 14.3 Å². The molecule has 88 valence electrons. The summed E-state index contributed by atoms with van der Waals surface area (Å²) in [5.41, 5.74) is 6.32. The molecule has 1 fully saturated rings. The Balaban J connectivity index is 2.13. The van der Waals surface area contributed by atoms with E-state index < -0.39 is 0 Å². The fourth-order valence-corrected chi connectivity index (χ4v) is 2.25. The molecule has 2 aliphatic rings. The van der Waals surface area contributed by atoms with Gasteiger partial charge in [0.1, 0.15) is 0 Å². The third kappa shape index (κ3) is 1.56. The zero-order valence-corrected chi connectivity index (χ0v) is 9.47. The van der Waals surface area contributed by atoms with Crippen LogP contribution in [0, 0.1) is 0 Å². The van der Waals surface area contributed by atoms with Crippen molar-refractivity contribution in [3.05, 3.63) is 11.6 Å². The van der Waals surface area contributed by atoms with Gasteiger partial charge in [0.2, 0.25) is 0 Å². The van der Waals surface area contributed by atoms with Crippen LogP contribution >= 0.6 is 0 Å². The van der Waals surface area contributed by atoms with Gasteiger partial charge in [0.25, 0.3) is 11.8 Å². The lowest BCUT2D eigenvalue weighted by Crippen LogP contribution is -2.66. The molecule has 2 amide bonds. The molecule has 0 aromatic heterocycles. The van der Waals surface area contributed by atoms with E-state index in [0.29, 0.717) is 18.6 Å². The third-order valence-electron chi connectivity index (χ3n) is 3.14. The minimum absolute atomic E-state index is 0.104. The van der Waals surface area contributed by atoms with Crippen LogP contribution in [0.15, 0.2) is 11.6 Å². The second-order valence-electron chi connectivity index (χ2n) is 4.22. The minimum Gasteiger partial charge on any atom is -0.376 e. The molecule has 1 aliphatic carbocycles. The lowest BCUT2D eigenvalue weighted by molar-refractivity contribution is -0.152. The summed E-state index contributed by atoms with van der Waals surface area (Å²) in [6, 6.07) is -0.461. The summed E-state index contributed by atoms with van der Waals surface area (Å²) < 4.78 is 5.46. The highest BCUT2D eigenvalue weighted by molar-refractivity contribution is 6.16. The molecule has 0 spiro atoms. The first kappa shape index (κ1) is 11.3. The Hall–Kier alpha value is -1.20. The number of nitrogens with zero attached hydrogens (tertiary/aromatic N) is 1. The van der Waals surface area contributed by atoms with Crippen molar-refractivity contribution in [2.24, 2.45) is 5.73 Å². The van der Waals surface area contributed by atoms with Gasteiger partial charge in [-0.1, -0.05) is 0 Å². The Kier molecular flexibility index (Phi) is 2.82. The van der Waals surface area contributed by atoms with Crippen LogP contribution in [-0.4, -0.2) is 41.5 Å². The van der Waals surface area contributed by atoms with E-state index in [4.69, 9.17) is 10.5 Å². The highest BCUT2D eigenvalue weighted by Crippen LogP contribution is 2.31. The van der Waals surface area contributed by atoms with E-state index in [2.05, 4.69) is 0 Å². The summed E-state index contributed by atoms with van der Waals surface area (Å²) in [6.45, 7) is 4.09. The Bertz CT molecular complexity index is 362. The van der Waals surface area contributed by atoms with Crippen LogP contribution in [0.25, 0.3) is 0 Å². The molecule has 5 nitrogen and oxygen atoms in total. The van der Waals surface area contributed by atoms with Crippen molar-refractivity contribution in [2.45, 2.75) is 38.5 Å². The highest BCUT2D eigenvalue weighted by Gasteiger charge is 2.49. The average molecular weight is 224 g/mol. The van der Waals surface area contributed by atoms with Crippen molar-refractivity contribution in [3.8, 4) is 0 Å². The maximum atomic E-state index is 11.8. The second-order valence-corrected chi connectivity index (χ2v) is 4.22. The van der Waals surface area contributed by atoms with Gasteiger partial charge in [0.15, 0.2) is 0 Å². The van der Waals surface area contributed by atoms with E-state index in [9.17, 15) is 9.59 Å². The smallest absolute Gasteiger partial charge is 0.256 e. The maximum absolute atomic E-state index is 11.8. The molecular formula is C11H16N2O3. The summed E-state index contributed by atoms with van der Waals surface area (Å²) in [5.74, 6) is -0.512. The topological polar surface area (TPSA) is 72.6 Å². The lowest BCUT2D eigenvalue weighted by Gasteiger charge is -2.46. The standard InChI is InChI=1S/C11H16N2O3/c1-3-16-8-5-7(12)10(8)13-9(14)4-6(2)11(13)15/h4,7-8,10H,3,5,12H2,1-2H3. The highest BCUT2D eigenvalue weighted by atomic mass is 16.5. The average Bonchev–Trinajstić information content (AvgIpc) is 2.45. The van der Waals surface area contributed by atoms with Crippen LogP contribution in [0.1, 0.15) is 20.3 Å². The van der Waals surface area contributed by atoms with Gasteiger partial charge >= 0.3 is 0 Å². The minimum atomic E-state index is -0.298. The molecular weight excluding hydrogens is 208 g/mol. The Morgan fingerprint density at radius 3 is 2.69 bits per heavy atom. The molecule has 1 saturated carbocycles. The summed E-state index contributed by atoms with van der Waals surface area (Å²) >= 11 is 0. The number of carbonyl (C=O) groups excluding carboxylic acids is 2. The lowest BCUT2D eigenvalue weighted by atomic mass is 9.82. The summed E-state index contributed by atoms with van der Waals surface area (Å²) in [6.07, 6.45) is 1.96. The zero-order valence-electron chi connectivity index (χ0n) is 9.47. The number of nitrogens with two attached hydrogens (primary N) is 1. The van der Waals surface area contributed by atoms with Crippen molar-refractivity contribution in [2.75, 3.05) is 6.61 Å². The first-order valence-corrected chi connectivity index (χ1v) is 5.49. The number of hydrogen-bond acceptors (Lipinski definition) is 4. The number of ether oxygens (including phenoxy) is 1. The van der Waals surface area contributed by atoms with Crippen molar-refractivity contribution in [1.29, 1.82) is 0 Å². The molecule has 2 rings (SSSR count). The molecule has 0 bridgehead atoms. The second kappa shape index (κ2) is 3.99. The molecule has 1 heterocycles. The Morgan fingerprint density at radius 1 is 1.56 bits per heavy atom. The number of imide groups is 1. The molecule has 3 unspecified atom stereocenters. The first-order valence-electron chi connectivity index (χ1n) is 5.49. The van der Waals surface area contributed by atoms with Crippen LogP contribution in [0.5, 0.6) is 0 Å². The van der Waals surface area contributed by atoms with Gasteiger partial charge in [-0.3, -0.25) is 14.5 Å². The van der Waals surface area contributed by atoms with Gasteiger partial charge in [-0.05, 0) is 20.3 Å². The zero-order chi connectivity index (χ0) is 11.9. The molecule has 0 saturated heterocycles. The maximum Gasteiger partial charge on any atom is 0.256 e. The van der Waals surface area contributed by atoms with Crippen molar-refractivity contribution in [1.82, 2.24) is 4.90 Å². The molecule has 0 aromatic rings. The van der Waals surface area contributed by atoms with E-state index in [1.54, 1.807) is 6.92 Å². The van der Waals surface area contributed by atoms with Gasteiger partial charge < -0.3 is 10.5 Å². The largest absolute Gasteiger partial charge is 0.376 e. The number of rotatable bonds is 3. The van der Waals surface area contributed by atoms with E-state index in [1.165, 1.54) is 11.0 Å². The van der Waals surface area contributed by atoms with Gasteiger partial charge in [-0.2, -0.15) is 0 Å². The van der Waals surface area contributed by atoms with Crippen LogP contribution in [0.2, 0.25) is 0 Å². The monoisotopic (exact) mass is 224 g/mol. The molecule has 2 N–H and O–H groups in total. The van der Waals surface area contributed by atoms with E-state index >= 15 is 0 Å². The Labute approximate surface area is 94.2 Å². The number of carbonyl (C=O) groups is 2.